The molecule has 0 fully saturated rings. The number of nitrogens with zero attached hydrogens (tertiary/aromatic N) is 3. The Morgan fingerprint density at radius 2 is 2.29 bits per heavy atom. The van der Waals surface area contributed by atoms with Crippen molar-refractivity contribution in [2.75, 3.05) is 0 Å². The van der Waals surface area contributed by atoms with Crippen LogP contribution in [0.5, 0.6) is 0 Å². The molecule has 6 nitrogen and oxygen atoms in total. The highest BCUT2D eigenvalue weighted by atomic mass is 32.2. The van der Waals surface area contributed by atoms with Gasteiger partial charge >= 0.3 is 5.00 Å². The molecule has 3 rings (SSSR count). The molecule has 0 spiro atoms. The van der Waals surface area contributed by atoms with Gasteiger partial charge in [-0.05, 0) is 29.5 Å². The molecule has 0 saturated heterocycles. The molecule has 0 N–H and O–H groups in total. The minimum Gasteiger partial charge on any atom is -0.410 e. The van der Waals surface area contributed by atoms with Gasteiger partial charge in [-0.25, -0.2) is 0 Å². The van der Waals surface area contributed by atoms with Crippen molar-refractivity contribution in [3.8, 4) is 10.8 Å². The zero-order chi connectivity index (χ0) is 14.8. The maximum atomic E-state index is 10.6. The van der Waals surface area contributed by atoms with Crippen LogP contribution in [0.1, 0.15) is 11.1 Å². The highest BCUT2D eigenvalue weighted by Crippen LogP contribution is 2.32. The summed E-state index contributed by atoms with van der Waals surface area (Å²) in [6.45, 7) is 1.99. The van der Waals surface area contributed by atoms with Crippen LogP contribution in [0, 0.1) is 17.0 Å². The van der Waals surface area contributed by atoms with Crippen molar-refractivity contribution in [1.29, 1.82) is 0 Å². The summed E-state index contributed by atoms with van der Waals surface area (Å²) in [6, 6.07) is 3.57. The number of nitro groups is 1. The van der Waals surface area contributed by atoms with E-state index < -0.39 is 0 Å². The van der Waals surface area contributed by atoms with E-state index in [1.807, 2.05) is 18.4 Å². The van der Waals surface area contributed by atoms with E-state index in [0.29, 0.717) is 16.9 Å². The summed E-state index contributed by atoms with van der Waals surface area (Å²) >= 11 is 4.05. The molecular formula is C12H9N3O3S3. The Kier molecular flexibility index (Phi) is 4.04. The molecule has 0 aliphatic heterocycles. The maximum Gasteiger partial charge on any atom is 0.324 e. The quantitative estimate of drug-likeness (QED) is 0.390. The number of thiophene rings is 2. The van der Waals surface area contributed by atoms with Crippen LogP contribution in [0.25, 0.3) is 10.8 Å². The smallest absolute Gasteiger partial charge is 0.324 e. The number of aryl methyl sites for hydroxylation is 1. The fourth-order valence-electron chi connectivity index (χ4n) is 1.63. The summed E-state index contributed by atoms with van der Waals surface area (Å²) in [4.78, 5) is 11.2. The summed E-state index contributed by atoms with van der Waals surface area (Å²) in [6.07, 6.45) is 0. The van der Waals surface area contributed by atoms with Gasteiger partial charge in [-0.1, -0.05) is 23.1 Å². The highest BCUT2D eigenvalue weighted by Gasteiger charge is 2.14. The highest BCUT2D eigenvalue weighted by molar-refractivity contribution is 7.98. The van der Waals surface area contributed by atoms with Gasteiger partial charge in [0.05, 0.1) is 9.80 Å². The Bertz CT molecular complexity index is 777. The van der Waals surface area contributed by atoms with Gasteiger partial charge in [-0.3, -0.25) is 10.1 Å². The van der Waals surface area contributed by atoms with Gasteiger partial charge in [0.25, 0.3) is 11.1 Å². The van der Waals surface area contributed by atoms with Gasteiger partial charge in [0.1, 0.15) is 0 Å². The van der Waals surface area contributed by atoms with E-state index in [4.69, 9.17) is 4.42 Å². The molecule has 0 unspecified atom stereocenters. The zero-order valence-corrected chi connectivity index (χ0v) is 13.3. The SMILES string of the molecule is Cc1ccsc1-c1nnc(SCc2csc([N+](=O)[O-])c2)o1. The number of thioether (sulfide) groups is 1. The summed E-state index contributed by atoms with van der Waals surface area (Å²) in [5.74, 6) is 1.08. The molecule has 0 radical (unpaired) electrons. The number of hydrogen-bond acceptors (Lipinski definition) is 8. The Balaban J connectivity index is 1.67. The van der Waals surface area contributed by atoms with E-state index >= 15 is 0 Å². The first-order chi connectivity index (χ1) is 10.1. The fraction of sp³-hybridized carbons (Fsp3) is 0.167. The van der Waals surface area contributed by atoms with E-state index in [9.17, 15) is 10.1 Å². The van der Waals surface area contributed by atoms with Gasteiger partial charge in [-0.15, -0.1) is 21.5 Å². The van der Waals surface area contributed by atoms with Crippen molar-refractivity contribution in [3.63, 3.8) is 0 Å². The van der Waals surface area contributed by atoms with Gasteiger partial charge in [-0.2, -0.15) is 0 Å². The standard InChI is InChI=1S/C12H9N3O3S3/c1-7-2-3-19-10(7)11-13-14-12(18-11)21-6-8-4-9(15(16)17)20-5-8/h2-5H,6H2,1H3. The monoisotopic (exact) mass is 339 g/mol. The Labute approximate surface area is 132 Å². The van der Waals surface area contributed by atoms with Crippen molar-refractivity contribution in [2.24, 2.45) is 0 Å². The van der Waals surface area contributed by atoms with Crippen LogP contribution in [0.3, 0.4) is 0 Å². The van der Waals surface area contributed by atoms with Crippen molar-refractivity contribution in [3.05, 3.63) is 44.1 Å². The van der Waals surface area contributed by atoms with Crippen molar-refractivity contribution < 1.29 is 9.34 Å². The van der Waals surface area contributed by atoms with E-state index in [2.05, 4.69) is 10.2 Å². The summed E-state index contributed by atoms with van der Waals surface area (Å²) in [5.41, 5.74) is 1.98. The molecule has 3 heterocycles. The van der Waals surface area contributed by atoms with Crippen LogP contribution in [0.15, 0.2) is 32.5 Å². The molecule has 3 aromatic heterocycles. The van der Waals surface area contributed by atoms with Crippen molar-refractivity contribution in [2.45, 2.75) is 17.9 Å². The zero-order valence-electron chi connectivity index (χ0n) is 10.8. The maximum absolute atomic E-state index is 10.6. The van der Waals surface area contributed by atoms with Crippen molar-refractivity contribution >= 4 is 39.4 Å². The molecular weight excluding hydrogens is 330 g/mol. The van der Waals surface area contributed by atoms with Crippen molar-refractivity contribution in [1.82, 2.24) is 10.2 Å². The molecule has 3 aromatic rings. The molecule has 0 saturated carbocycles. The lowest BCUT2D eigenvalue weighted by atomic mass is 10.3. The molecule has 108 valence electrons. The van der Waals surface area contributed by atoms with E-state index in [0.717, 1.165) is 27.3 Å². The Morgan fingerprint density at radius 3 is 2.95 bits per heavy atom. The van der Waals surface area contributed by atoms with Crippen LogP contribution in [-0.4, -0.2) is 15.1 Å². The van der Waals surface area contributed by atoms with Crippen LogP contribution in [0.4, 0.5) is 5.00 Å². The molecule has 21 heavy (non-hydrogen) atoms. The predicted molar refractivity (Wildman–Crippen MR) is 82.9 cm³/mol. The third kappa shape index (κ3) is 3.14. The molecule has 0 atom stereocenters. The third-order valence-corrected chi connectivity index (χ3v) is 5.47. The molecule has 0 aliphatic rings. The average Bonchev–Trinajstić information content (AvgIpc) is 3.16. The second-order valence-corrected chi connectivity index (χ2v) is 6.88. The van der Waals surface area contributed by atoms with Gasteiger partial charge in [0.15, 0.2) is 0 Å². The van der Waals surface area contributed by atoms with E-state index in [1.54, 1.807) is 22.8 Å². The minimum absolute atomic E-state index is 0.144. The molecule has 0 aromatic carbocycles. The Morgan fingerprint density at radius 1 is 1.43 bits per heavy atom. The second-order valence-electron chi connectivity index (χ2n) is 4.14. The number of aromatic nitrogens is 2. The molecule has 0 amide bonds. The first kappa shape index (κ1) is 14.2. The fourth-order valence-corrected chi connectivity index (χ4v) is 4.00. The van der Waals surface area contributed by atoms with Gasteiger partial charge in [0.2, 0.25) is 0 Å². The molecule has 9 heteroatoms. The van der Waals surface area contributed by atoms with Crippen LogP contribution >= 0.6 is 34.4 Å². The lowest BCUT2D eigenvalue weighted by Crippen LogP contribution is -1.82. The topological polar surface area (TPSA) is 82.1 Å². The van der Waals surface area contributed by atoms with E-state index in [1.165, 1.54) is 11.8 Å². The lowest BCUT2D eigenvalue weighted by molar-refractivity contribution is -0.380. The number of hydrogen-bond donors (Lipinski definition) is 0. The number of rotatable bonds is 5. The Hall–Kier alpha value is -1.71. The first-order valence-corrected chi connectivity index (χ1v) is 8.60. The van der Waals surface area contributed by atoms with Gasteiger partial charge in [0, 0.05) is 17.2 Å². The summed E-state index contributed by atoms with van der Waals surface area (Å²) in [7, 11) is 0. The van der Waals surface area contributed by atoms with Crippen LogP contribution in [0.2, 0.25) is 0 Å². The van der Waals surface area contributed by atoms with Gasteiger partial charge < -0.3 is 4.42 Å². The first-order valence-electron chi connectivity index (χ1n) is 5.86. The van der Waals surface area contributed by atoms with Crippen LogP contribution in [-0.2, 0) is 5.75 Å². The largest absolute Gasteiger partial charge is 0.410 e. The normalized spacial score (nSPS) is 10.9. The minimum atomic E-state index is -0.386. The summed E-state index contributed by atoms with van der Waals surface area (Å²) < 4.78 is 5.61. The lowest BCUT2D eigenvalue weighted by Gasteiger charge is -1.92. The second kappa shape index (κ2) is 5.96. The third-order valence-electron chi connectivity index (χ3n) is 2.64. The molecule has 0 bridgehead atoms. The molecule has 0 aliphatic carbocycles. The average molecular weight is 339 g/mol. The summed E-state index contributed by atoms with van der Waals surface area (Å²) in [5, 5.41) is 23.0. The van der Waals surface area contributed by atoms with E-state index in [-0.39, 0.29) is 9.92 Å². The van der Waals surface area contributed by atoms with Crippen LogP contribution < -0.4 is 0 Å². The predicted octanol–water partition coefficient (Wildman–Crippen LogP) is 4.37.